The van der Waals surface area contributed by atoms with E-state index in [0.717, 1.165) is 16.8 Å². The molecule has 0 unspecified atom stereocenters. The molecule has 0 aliphatic heterocycles. The number of hydrogen-bond acceptors (Lipinski definition) is 3. The molecule has 0 atom stereocenters. The maximum absolute atomic E-state index is 12.6. The van der Waals surface area contributed by atoms with Gasteiger partial charge in [-0.2, -0.15) is 4.98 Å². The van der Waals surface area contributed by atoms with Crippen molar-refractivity contribution in [2.24, 2.45) is 0 Å². The lowest BCUT2D eigenvalue weighted by atomic mass is 10.1. The van der Waals surface area contributed by atoms with Gasteiger partial charge in [0.05, 0.1) is 17.7 Å². The second-order valence-electron chi connectivity index (χ2n) is 5.66. The summed E-state index contributed by atoms with van der Waals surface area (Å²) in [5.74, 6) is 0.181. The summed E-state index contributed by atoms with van der Waals surface area (Å²) in [6.45, 7) is 3.27. The van der Waals surface area contributed by atoms with Crippen LogP contribution in [0.25, 0.3) is 16.6 Å². The molecule has 0 saturated carbocycles. The Morgan fingerprint density at radius 2 is 1.92 bits per heavy atom. The average Bonchev–Trinajstić information content (AvgIpc) is 2.53. The highest BCUT2D eigenvalue weighted by Gasteiger charge is 2.14. The summed E-state index contributed by atoms with van der Waals surface area (Å²) in [5, 5.41) is 3.20. The Bertz CT molecular complexity index is 951. The van der Waals surface area contributed by atoms with E-state index in [1.54, 1.807) is 6.07 Å². The predicted octanol–water partition coefficient (Wildman–Crippen LogP) is 3.68. The van der Waals surface area contributed by atoms with Crippen molar-refractivity contribution in [2.45, 2.75) is 20.3 Å². The van der Waals surface area contributed by atoms with Gasteiger partial charge in [0.15, 0.2) is 0 Å². The SMILES string of the molecule is Cc1ccc2c(NCC(F)F)nc(=O)n(-c3ccccc3C)c2c1. The average molecular weight is 329 g/mol. The summed E-state index contributed by atoms with van der Waals surface area (Å²) in [5.41, 5.74) is 2.76. The third-order valence-corrected chi connectivity index (χ3v) is 3.83. The lowest BCUT2D eigenvalue weighted by molar-refractivity contribution is 0.163. The Morgan fingerprint density at radius 3 is 2.62 bits per heavy atom. The number of benzene rings is 2. The molecule has 3 aromatic rings. The summed E-state index contributed by atoms with van der Waals surface area (Å²) >= 11 is 0. The van der Waals surface area contributed by atoms with Crippen LogP contribution in [0.15, 0.2) is 47.3 Å². The van der Waals surface area contributed by atoms with Crippen molar-refractivity contribution < 1.29 is 8.78 Å². The highest BCUT2D eigenvalue weighted by Crippen LogP contribution is 2.24. The standard InChI is InChI=1S/C18H17F2N3O/c1-11-7-8-13-15(9-11)23(14-6-4-3-5-12(14)2)18(24)22-17(13)21-10-16(19)20/h3-9,16H,10H2,1-2H3,(H,21,22,24). The number of aromatic nitrogens is 2. The van der Waals surface area contributed by atoms with Crippen LogP contribution in [0.5, 0.6) is 0 Å². The molecule has 0 fully saturated rings. The fraction of sp³-hybridized carbons (Fsp3) is 0.222. The lowest BCUT2D eigenvalue weighted by Gasteiger charge is -2.15. The predicted molar refractivity (Wildman–Crippen MR) is 91.3 cm³/mol. The fourth-order valence-corrected chi connectivity index (χ4v) is 2.69. The molecule has 1 N–H and O–H groups in total. The van der Waals surface area contributed by atoms with Crippen LogP contribution in [0.2, 0.25) is 0 Å². The number of hydrogen-bond donors (Lipinski definition) is 1. The van der Waals surface area contributed by atoms with Crippen molar-refractivity contribution in [3.8, 4) is 5.69 Å². The van der Waals surface area contributed by atoms with Crippen LogP contribution in [0.1, 0.15) is 11.1 Å². The minimum Gasteiger partial charge on any atom is -0.364 e. The molecule has 0 aliphatic rings. The zero-order valence-corrected chi connectivity index (χ0v) is 13.4. The first-order valence-electron chi connectivity index (χ1n) is 7.59. The van der Waals surface area contributed by atoms with Gasteiger partial charge in [-0.1, -0.05) is 24.3 Å². The van der Waals surface area contributed by atoms with E-state index in [1.807, 2.05) is 50.2 Å². The fourth-order valence-electron chi connectivity index (χ4n) is 2.69. The Labute approximate surface area is 137 Å². The molecule has 0 aliphatic carbocycles. The lowest BCUT2D eigenvalue weighted by Crippen LogP contribution is -2.25. The van der Waals surface area contributed by atoms with Gasteiger partial charge in [-0.05, 0) is 43.2 Å². The molecule has 124 valence electrons. The van der Waals surface area contributed by atoms with E-state index in [2.05, 4.69) is 10.3 Å². The molecule has 1 aromatic heterocycles. The third kappa shape index (κ3) is 2.99. The minimum atomic E-state index is -2.52. The number of rotatable bonds is 4. The van der Waals surface area contributed by atoms with Crippen LogP contribution in [-0.4, -0.2) is 22.5 Å². The zero-order valence-electron chi connectivity index (χ0n) is 13.4. The Hall–Kier alpha value is -2.76. The molecule has 24 heavy (non-hydrogen) atoms. The van der Waals surface area contributed by atoms with E-state index >= 15 is 0 Å². The van der Waals surface area contributed by atoms with E-state index in [9.17, 15) is 13.6 Å². The van der Waals surface area contributed by atoms with Crippen molar-refractivity contribution in [3.63, 3.8) is 0 Å². The quantitative estimate of drug-likeness (QED) is 0.794. The minimum absolute atomic E-state index is 0.181. The smallest absolute Gasteiger partial charge is 0.354 e. The van der Waals surface area contributed by atoms with Crippen molar-refractivity contribution in [2.75, 3.05) is 11.9 Å². The first-order chi connectivity index (χ1) is 11.5. The molecule has 0 spiro atoms. The van der Waals surface area contributed by atoms with Crippen LogP contribution < -0.4 is 11.0 Å². The Kier molecular flexibility index (Phi) is 4.29. The summed E-state index contributed by atoms with van der Waals surface area (Å²) in [4.78, 5) is 16.6. The molecule has 1 heterocycles. The van der Waals surface area contributed by atoms with Crippen LogP contribution in [0, 0.1) is 13.8 Å². The first-order valence-corrected chi connectivity index (χ1v) is 7.59. The Morgan fingerprint density at radius 1 is 1.17 bits per heavy atom. The van der Waals surface area contributed by atoms with E-state index in [-0.39, 0.29) is 5.82 Å². The molecule has 0 saturated heterocycles. The van der Waals surface area contributed by atoms with Gasteiger partial charge in [0.1, 0.15) is 5.82 Å². The summed E-state index contributed by atoms with van der Waals surface area (Å²) in [7, 11) is 0. The monoisotopic (exact) mass is 329 g/mol. The molecule has 4 nitrogen and oxygen atoms in total. The molecule has 0 bridgehead atoms. The highest BCUT2D eigenvalue weighted by atomic mass is 19.3. The third-order valence-electron chi connectivity index (χ3n) is 3.83. The zero-order chi connectivity index (χ0) is 17.3. The summed E-state index contributed by atoms with van der Waals surface area (Å²) < 4.78 is 26.5. The number of halogens is 2. The van der Waals surface area contributed by atoms with E-state index < -0.39 is 18.7 Å². The maximum atomic E-state index is 12.6. The van der Waals surface area contributed by atoms with Crippen LogP contribution >= 0.6 is 0 Å². The maximum Gasteiger partial charge on any atom is 0.354 e. The van der Waals surface area contributed by atoms with Crippen molar-refractivity contribution in [1.82, 2.24) is 9.55 Å². The Balaban J connectivity index is 2.30. The number of nitrogens with zero attached hydrogens (tertiary/aromatic N) is 2. The molecular formula is C18H17F2N3O. The normalized spacial score (nSPS) is 11.2. The van der Waals surface area contributed by atoms with Gasteiger partial charge in [0, 0.05) is 5.39 Å². The number of aryl methyl sites for hydroxylation is 2. The summed E-state index contributed by atoms with van der Waals surface area (Å²) in [6.07, 6.45) is -2.52. The van der Waals surface area contributed by atoms with Crippen molar-refractivity contribution in [1.29, 1.82) is 0 Å². The van der Waals surface area contributed by atoms with Crippen LogP contribution in [-0.2, 0) is 0 Å². The number of nitrogens with one attached hydrogen (secondary N) is 1. The van der Waals surface area contributed by atoms with E-state index in [1.165, 1.54) is 4.57 Å². The van der Waals surface area contributed by atoms with E-state index in [0.29, 0.717) is 10.9 Å². The van der Waals surface area contributed by atoms with Crippen molar-refractivity contribution >= 4 is 16.7 Å². The van der Waals surface area contributed by atoms with Gasteiger partial charge >= 0.3 is 5.69 Å². The molecular weight excluding hydrogens is 312 g/mol. The van der Waals surface area contributed by atoms with Gasteiger partial charge in [-0.3, -0.25) is 4.57 Å². The van der Waals surface area contributed by atoms with Gasteiger partial charge in [0.25, 0.3) is 6.43 Å². The van der Waals surface area contributed by atoms with Crippen LogP contribution in [0.4, 0.5) is 14.6 Å². The van der Waals surface area contributed by atoms with E-state index in [4.69, 9.17) is 0 Å². The first kappa shape index (κ1) is 16.1. The van der Waals surface area contributed by atoms with Crippen molar-refractivity contribution in [3.05, 3.63) is 64.1 Å². The van der Waals surface area contributed by atoms with Gasteiger partial charge in [0.2, 0.25) is 0 Å². The second-order valence-corrected chi connectivity index (χ2v) is 5.66. The molecule has 0 radical (unpaired) electrons. The number of fused-ring (bicyclic) bond motifs is 1. The molecule has 0 amide bonds. The molecule has 3 rings (SSSR count). The topological polar surface area (TPSA) is 46.9 Å². The highest BCUT2D eigenvalue weighted by molar-refractivity contribution is 5.90. The number of alkyl halides is 2. The number of anilines is 1. The van der Waals surface area contributed by atoms with Gasteiger partial charge < -0.3 is 5.32 Å². The van der Waals surface area contributed by atoms with Gasteiger partial charge in [-0.25, -0.2) is 13.6 Å². The molecule has 2 aromatic carbocycles. The van der Waals surface area contributed by atoms with Crippen LogP contribution in [0.3, 0.4) is 0 Å². The molecule has 6 heteroatoms. The summed E-state index contributed by atoms with van der Waals surface area (Å²) in [6, 6.07) is 13.0. The largest absolute Gasteiger partial charge is 0.364 e. The number of para-hydroxylation sites is 1. The van der Waals surface area contributed by atoms with Gasteiger partial charge in [-0.15, -0.1) is 0 Å². The second kappa shape index (κ2) is 6.39.